The highest BCUT2D eigenvalue weighted by Gasteiger charge is 2.38. The maximum Gasteiger partial charge on any atom is 0.407 e. The van der Waals surface area contributed by atoms with Gasteiger partial charge in [0.15, 0.2) is 0 Å². The standard InChI is InChI=1S/C16H23FN2O2/c1-10(2)18-9-12-6-7-19(16(20)21)15(12)14-5-4-13(17)8-11(14)3/h4-5,8,10,12,15,18H,6-7,9H2,1-3H3,(H,20,21). The van der Waals surface area contributed by atoms with E-state index >= 15 is 0 Å². The third kappa shape index (κ3) is 3.53. The summed E-state index contributed by atoms with van der Waals surface area (Å²) in [6, 6.07) is 4.76. The Labute approximate surface area is 125 Å². The van der Waals surface area contributed by atoms with Crippen molar-refractivity contribution < 1.29 is 14.3 Å². The van der Waals surface area contributed by atoms with Crippen LogP contribution in [0.5, 0.6) is 0 Å². The molecule has 0 saturated carbocycles. The fourth-order valence-corrected chi connectivity index (χ4v) is 3.06. The number of nitrogens with zero attached hydrogens (tertiary/aromatic N) is 1. The third-order valence-corrected chi connectivity index (χ3v) is 4.11. The number of hydrogen-bond acceptors (Lipinski definition) is 2. The first-order chi connectivity index (χ1) is 9.90. The fraction of sp³-hybridized carbons (Fsp3) is 0.562. The summed E-state index contributed by atoms with van der Waals surface area (Å²) in [5.41, 5.74) is 1.72. The second-order valence-electron chi connectivity index (χ2n) is 6.03. The van der Waals surface area contributed by atoms with Gasteiger partial charge in [0, 0.05) is 19.1 Å². The number of halogens is 1. The molecular weight excluding hydrogens is 271 g/mol. The molecule has 2 unspecified atom stereocenters. The van der Waals surface area contributed by atoms with Crippen molar-refractivity contribution in [2.24, 2.45) is 5.92 Å². The maximum absolute atomic E-state index is 13.3. The van der Waals surface area contributed by atoms with E-state index in [-0.39, 0.29) is 17.8 Å². The van der Waals surface area contributed by atoms with E-state index in [9.17, 15) is 14.3 Å². The zero-order valence-corrected chi connectivity index (χ0v) is 12.8. The van der Waals surface area contributed by atoms with Crippen molar-refractivity contribution in [2.45, 2.75) is 39.3 Å². The molecule has 116 valence electrons. The number of likely N-dealkylation sites (tertiary alicyclic amines) is 1. The molecule has 2 N–H and O–H groups in total. The smallest absolute Gasteiger partial charge is 0.407 e. The van der Waals surface area contributed by atoms with Crippen molar-refractivity contribution >= 4 is 6.09 Å². The third-order valence-electron chi connectivity index (χ3n) is 4.11. The summed E-state index contributed by atoms with van der Waals surface area (Å²) >= 11 is 0. The van der Waals surface area contributed by atoms with Crippen LogP contribution in [0.1, 0.15) is 37.4 Å². The van der Waals surface area contributed by atoms with E-state index in [1.54, 1.807) is 6.07 Å². The number of rotatable bonds is 4. The molecule has 1 amide bonds. The van der Waals surface area contributed by atoms with Crippen LogP contribution in [0.3, 0.4) is 0 Å². The highest BCUT2D eigenvalue weighted by atomic mass is 19.1. The first kappa shape index (κ1) is 15.8. The molecule has 0 radical (unpaired) electrons. The van der Waals surface area contributed by atoms with Gasteiger partial charge in [-0.1, -0.05) is 19.9 Å². The number of nitrogens with one attached hydrogen (secondary N) is 1. The van der Waals surface area contributed by atoms with Crippen LogP contribution >= 0.6 is 0 Å². The van der Waals surface area contributed by atoms with Gasteiger partial charge in [0.05, 0.1) is 6.04 Å². The van der Waals surface area contributed by atoms with Gasteiger partial charge in [0.1, 0.15) is 5.82 Å². The minimum absolute atomic E-state index is 0.200. The van der Waals surface area contributed by atoms with Crippen molar-refractivity contribution in [3.8, 4) is 0 Å². The Kier molecular flexibility index (Phi) is 4.83. The molecule has 0 bridgehead atoms. The molecule has 1 aromatic rings. The lowest BCUT2D eigenvalue weighted by molar-refractivity contribution is 0.134. The number of carbonyl (C=O) groups is 1. The van der Waals surface area contributed by atoms with Gasteiger partial charge in [0.2, 0.25) is 0 Å². The fourth-order valence-electron chi connectivity index (χ4n) is 3.06. The summed E-state index contributed by atoms with van der Waals surface area (Å²) in [6.07, 6.45) is -0.0798. The highest BCUT2D eigenvalue weighted by molar-refractivity contribution is 5.66. The Morgan fingerprint density at radius 3 is 2.81 bits per heavy atom. The molecular formula is C16H23FN2O2. The van der Waals surface area contributed by atoms with E-state index in [4.69, 9.17) is 0 Å². The Balaban J connectivity index is 2.29. The van der Waals surface area contributed by atoms with Crippen LogP contribution in [0.2, 0.25) is 0 Å². The van der Waals surface area contributed by atoms with Gasteiger partial charge in [-0.15, -0.1) is 0 Å². The second kappa shape index (κ2) is 6.43. The molecule has 1 fully saturated rings. The first-order valence-corrected chi connectivity index (χ1v) is 7.39. The van der Waals surface area contributed by atoms with Gasteiger partial charge in [-0.2, -0.15) is 0 Å². The zero-order chi connectivity index (χ0) is 15.6. The normalized spacial score (nSPS) is 22.0. The Hall–Kier alpha value is -1.62. The van der Waals surface area contributed by atoms with Crippen molar-refractivity contribution in [2.75, 3.05) is 13.1 Å². The van der Waals surface area contributed by atoms with E-state index in [0.29, 0.717) is 12.6 Å². The van der Waals surface area contributed by atoms with Crippen LogP contribution in [0.15, 0.2) is 18.2 Å². The molecule has 2 rings (SSSR count). The van der Waals surface area contributed by atoms with Gasteiger partial charge in [-0.3, -0.25) is 0 Å². The van der Waals surface area contributed by atoms with Crippen LogP contribution < -0.4 is 5.32 Å². The van der Waals surface area contributed by atoms with Gasteiger partial charge in [0.25, 0.3) is 0 Å². The Morgan fingerprint density at radius 2 is 2.24 bits per heavy atom. The highest BCUT2D eigenvalue weighted by Crippen LogP contribution is 2.38. The quantitative estimate of drug-likeness (QED) is 0.897. The number of aryl methyl sites for hydroxylation is 1. The topological polar surface area (TPSA) is 52.6 Å². The van der Waals surface area contributed by atoms with E-state index in [1.807, 2.05) is 6.92 Å². The number of benzene rings is 1. The zero-order valence-electron chi connectivity index (χ0n) is 12.8. The summed E-state index contributed by atoms with van der Waals surface area (Å²) in [5, 5.41) is 12.8. The van der Waals surface area contributed by atoms with E-state index in [2.05, 4.69) is 19.2 Å². The lowest BCUT2D eigenvalue weighted by atomic mass is 9.90. The summed E-state index contributed by atoms with van der Waals surface area (Å²) in [6.45, 7) is 7.28. The molecule has 0 aromatic heterocycles. The molecule has 1 saturated heterocycles. The SMILES string of the molecule is Cc1cc(F)ccc1C1C(CNC(C)C)CCN1C(=O)O. The van der Waals surface area contributed by atoms with Crippen LogP contribution in [0.4, 0.5) is 9.18 Å². The van der Waals surface area contributed by atoms with Crippen molar-refractivity contribution in [3.63, 3.8) is 0 Å². The van der Waals surface area contributed by atoms with Crippen molar-refractivity contribution in [1.82, 2.24) is 10.2 Å². The average molecular weight is 294 g/mol. The Bertz CT molecular complexity index is 519. The average Bonchev–Trinajstić information content (AvgIpc) is 2.80. The maximum atomic E-state index is 13.3. The number of amides is 1. The predicted octanol–water partition coefficient (Wildman–Crippen LogP) is 3.17. The second-order valence-corrected chi connectivity index (χ2v) is 6.03. The molecule has 1 aliphatic heterocycles. The van der Waals surface area contributed by atoms with Gasteiger partial charge in [-0.05, 0) is 42.5 Å². The summed E-state index contributed by atoms with van der Waals surface area (Å²) in [4.78, 5) is 13.0. The molecule has 1 aromatic carbocycles. The van der Waals surface area contributed by atoms with Crippen LogP contribution in [-0.4, -0.2) is 35.2 Å². The number of hydrogen-bond donors (Lipinski definition) is 2. The molecule has 1 aliphatic rings. The molecule has 2 atom stereocenters. The predicted molar refractivity (Wildman–Crippen MR) is 79.9 cm³/mol. The monoisotopic (exact) mass is 294 g/mol. The number of carboxylic acid groups (broad SMARTS) is 1. The van der Waals surface area contributed by atoms with E-state index in [0.717, 1.165) is 24.1 Å². The molecule has 0 aliphatic carbocycles. The summed E-state index contributed by atoms with van der Waals surface area (Å²) in [5.74, 6) is -0.0689. The van der Waals surface area contributed by atoms with Crippen LogP contribution in [0, 0.1) is 18.7 Å². The van der Waals surface area contributed by atoms with E-state index in [1.165, 1.54) is 17.0 Å². The molecule has 21 heavy (non-hydrogen) atoms. The van der Waals surface area contributed by atoms with Crippen LogP contribution in [0.25, 0.3) is 0 Å². The molecule has 0 spiro atoms. The molecule has 5 heteroatoms. The minimum Gasteiger partial charge on any atom is -0.465 e. The van der Waals surface area contributed by atoms with E-state index < -0.39 is 6.09 Å². The summed E-state index contributed by atoms with van der Waals surface area (Å²) < 4.78 is 13.3. The van der Waals surface area contributed by atoms with Crippen molar-refractivity contribution in [3.05, 3.63) is 35.1 Å². The first-order valence-electron chi connectivity index (χ1n) is 7.39. The summed E-state index contributed by atoms with van der Waals surface area (Å²) in [7, 11) is 0. The molecule has 4 nitrogen and oxygen atoms in total. The van der Waals surface area contributed by atoms with Gasteiger partial charge in [-0.25, -0.2) is 9.18 Å². The molecule has 1 heterocycles. The van der Waals surface area contributed by atoms with Crippen molar-refractivity contribution in [1.29, 1.82) is 0 Å². The van der Waals surface area contributed by atoms with Crippen LogP contribution in [-0.2, 0) is 0 Å². The minimum atomic E-state index is -0.907. The van der Waals surface area contributed by atoms with Gasteiger partial charge >= 0.3 is 6.09 Å². The lowest BCUT2D eigenvalue weighted by Crippen LogP contribution is -2.35. The lowest BCUT2D eigenvalue weighted by Gasteiger charge is -2.28. The van der Waals surface area contributed by atoms with Gasteiger partial charge < -0.3 is 15.3 Å². The Morgan fingerprint density at radius 1 is 1.52 bits per heavy atom. The largest absolute Gasteiger partial charge is 0.465 e.